The lowest BCUT2D eigenvalue weighted by Gasteiger charge is -2.17. The standard InChI is InChI=1S/C20H13Cl2NO3S2/c21-13-3-5-15-11(9-13)1-7-17(27(23)24)19(15)20-16-6-4-14(22)10-12(16)2-8-18(20)28(25)26/h1-10H,23H2,(H,25,26). The highest BCUT2D eigenvalue weighted by molar-refractivity contribution is 7.83. The van der Waals surface area contributed by atoms with E-state index < -0.39 is 22.1 Å². The third kappa shape index (κ3) is 3.37. The smallest absolute Gasteiger partial charge is 0.187 e. The third-order valence-electron chi connectivity index (χ3n) is 4.54. The number of benzene rings is 4. The Morgan fingerprint density at radius 1 is 0.714 bits per heavy atom. The molecule has 0 aromatic heterocycles. The molecule has 2 unspecified atom stereocenters. The van der Waals surface area contributed by atoms with Gasteiger partial charge >= 0.3 is 0 Å². The van der Waals surface area contributed by atoms with Gasteiger partial charge in [0.05, 0.1) is 9.79 Å². The molecule has 0 fully saturated rings. The van der Waals surface area contributed by atoms with Crippen LogP contribution in [0.25, 0.3) is 32.7 Å². The van der Waals surface area contributed by atoms with Crippen molar-refractivity contribution in [3.8, 4) is 11.1 Å². The molecule has 0 saturated heterocycles. The zero-order valence-electron chi connectivity index (χ0n) is 14.2. The van der Waals surface area contributed by atoms with E-state index in [2.05, 4.69) is 0 Å². The Morgan fingerprint density at radius 2 is 1.18 bits per heavy atom. The van der Waals surface area contributed by atoms with Gasteiger partial charge in [-0.2, -0.15) is 0 Å². The molecular formula is C20H13Cl2NO3S2. The normalized spacial score (nSPS) is 13.7. The fourth-order valence-electron chi connectivity index (χ4n) is 3.39. The molecule has 4 rings (SSSR count). The maximum atomic E-state index is 12.3. The Morgan fingerprint density at radius 3 is 1.64 bits per heavy atom. The number of nitrogens with two attached hydrogens (primary N) is 1. The van der Waals surface area contributed by atoms with E-state index in [9.17, 15) is 13.0 Å². The number of halogens is 2. The van der Waals surface area contributed by atoms with Gasteiger partial charge in [0.25, 0.3) is 0 Å². The molecule has 8 heteroatoms. The number of hydrogen-bond acceptors (Lipinski definition) is 2. The molecule has 0 aliphatic heterocycles. The monoisotopic (exact) mass is 449 g/mol. The summed E-state index contributed by atoms with van der Waals surface area (Å²) in [5.74, 6) is 0. The Hall–Kier alpha value is -1.80. The first-order chi connectivity index (χ1) is 13.4. The summed E-state index contributed by atoms with van der Waals surface area (Å²) in [6, 6.07) is 17.3. The number of hydrogen-bond donors (Lipinski definition) is 2. The van der Waals surface area contributed by atoms with E-state index in [1.807, 2.05) is 0 Å². The summed E-state index contributed by atoms with van der Waals surface area (Å²) in [7, 11) is -1.81. The van der Waals surface area contributed by atoms with E-state index in [1.54, 1.807) is 60.7 Å². The average Bonchev–Trinajstić information content (AvgIpc) is 2.65. The zero-order valence-corrected chi connectivity index (χ0v) is 17.3. The molecule has 0 heterocycles. The fourth-order valence-corrected chi connectivity index (χ4v) is 4.94. The van der Waals surface area contributed by atoms with Crippen molar-refractivity contribution in [3.63, 3.8) is 0 Å². The molecule has 4 aromatic carbocycles. The summed E-state index contributed by atoms with van der Waals surface area (Å²) in [5, 5.41) is 9.88. The summed E-state index contributed by atoms with van der Waals surface area (Å²) >= 11 is 9.98. The first-order valence-electron chi connectivity index (χ1n) is 8.09. The second-order valence-corrected chi connectivity index (χ2v) is 9.00. The SMILES string of the molecule is NS(=O)c1ccc2cc(Cl)ccc2c1-c1c(S(=O)O)ccc2cc(Cl)ccc12. The van der Waals surface area contributed by atoms with Crippen LogP contribution >= 0.6 is 23.2 Å². The van der Waals surface area contributed by atoms with Crippen molar-refractivity contribution in [2.45, 2.75) is 9.79 Å². The van der Waals surface area contributed by atoms with Gasteiger partial charge in [0, 0.05) is 21.2 Å². The highest BCUT2D eigenvalue weighted by atomic mass is 35.5. The molecular weight excluding hydrogens is 437 g/mol. The van der Waals surface area contributed by atoms with Crippen LogP contribution < -0.4 is 5.14 Å². The molecule has 4 aromatic rings. The third-order valence-corrected chi connectivity index (χ3v) is 6.50. The second-order valence-electron chi connectivity index (χ2n) is 6.15. The largest absolute Gasteiger partial charge is 0.302 e. The van der Waals surface area contributed by atoms with E-state index in [1.165, 1.54) is 0 Å². The van der Waals surface area contributed by atoms with Crippen LogP contribution in [0.15, 0.2) is 70.5 Å². The maximum absolute atomic E-state index is 12.3. The van der Waals surface area contributed by atoms with Crippen molar-refractivity contribution >= 4 is 66.8 Å². The minimum absolute atomic E-state index is 0.198. The summed E-state index contributed by atoms with van der Waals surface area (Å²) in [4.78, 5) is 0.563. The van der Waals surface area contributed by atoms with Gasteiger partial charge in [-0.3, -0.25) is 0 Å². The topological polar surface area (TPSA) is 80.4 Å². The molecule has 142 valence electrons. The van der Waals surface area contributed by atoms with E-state index in [0.29, 0.717) is 31.5 Å². The van der Waals surface area contributed by atoms with Crippen molar-refractivity contribution in [2.75, 3.05) is 0 Å². The lowest BCUT2D eigenvalue weighted by atomic mass is 9.93. The molecule has 28 heavy (non-hydrogen) atoms. The molecule has 2 atom stereocenters. The molecule has 0 amide bonds. The van der Waals surface area contributed by atoms with Gasteiger partial charge in [-0.25, -0.2) is 13.6 Å². The van der Waals surface area contributed by atoms with Crippen molar-refractivity contribution in [1.29, 1.82) is 0 Å². The van der Waals surface area contributed by atoms with Gasteiger partial charge in [0.15, 0.2) is 11.1 Å². The van der Waals surface area contributed by atoms with Crippen LogP contribution in [-0.4, -0.2) is 13.0 Å². The van der Waals surface area contributed by atoms with Crippen LogP contribution in [0.2, 0.25) is 10.0 Å². The molecule has 0 aliphatic carbocycles. The summed E-state index contributed by atoms with van der Waals surface area (Å²) < 4.78 is 34.4. The molecule has 3 N–H and O–H groups in total. The van der Waals surface area contributed by atoms with Gasteiger partial charge < -0.3 is 4.55 Å². The van der Waals surface area contributed by atoms with Crippen LogP contribution in [0.4, 0.5) is 0 Å². The molecule has 4 nitrogen and oxygen atoms in total. The van der Waals surface area contributed by atoms with E-state index in [0.717, 1.165) is 16.2 Å². The highest BCUT2D eigenvalue weighted by Crippen LogP contribution is 2.41. The Labute approximate surface area is 176 Å². The Kier molecular flexibility index (Phi) is 5.26. The summed E-state index contributed by atoms with van der Waals surface area (Å²) in [5.41, 5.74) is 1.04. The lowest BCUT2D eigenvalue weighted by Crippen LogP contribution is -2.06. The van der Waals surface area contributed by atoms with Crippen LogP contribution in [0, 0.1) is 0 Å². The predicted octanol–water partition coefficient (Wildman–Crippen LogP) is 5.53. The Bertz CT molecular complexity index is 1210. The van der Waals surface area contributed by atoms with Crippen LogP contribution in [0.5, 0.6) is 0 Å². The van der Waals surface area contributed by atoms with Gasteiger partial charge in [0.1, 0.15) is 11.0 Å². The van der Waals surface area contributed by atoms with Gasteiger partial charge in [-0.05, 0) is 57.9 Å². The highest BCUT2D eigenvalue weighted by Gasteiger charge is 2.21. The van der Waals surface area contributed by atoms with Crippen molar-refractivity contribution in [3.05, 3.63) is 70.7 Å². The van der Waals surface area contributed by atoms with Crippen molar-refractivity contribution < 1.29 is 13.0 Å². The molecule has 0 aliphatic rings. The number of fused-ring (bicyclic) bond motifs is 2. The van der Waals surface area contributed by atoms with Crippen LogP contribution in [0.3, 0.4) is 0 Å². The lowest BCUT2D eigenvalue weighted by molar-refractivity contribution is 0.565. The van der Waals surface area contributed by atoms with Crippen molar-refractivity contribution in [2.24, 2.45) is 5.14 Å². The van der Waals surface area contributed by atoms with E-state index >= 15 is 0 Å². The molecule has 0 saturated carbocycles. The minimum atomic E-state index is -2.27. The zero-order chi connectivity index (χ0) is 20.0. The van der Waals surface area contributed by atoms with Crippen molar-refractivity contribution in [1.82, 2.24) is 0 Å². The summed E-state index contributed by atoms with van der Waals surface area (Å²) in [6.45, 7) is 0. The predicted molar refractivity (Wildman–Crippen MR) is 117 cm³/mol. The van der Waals surface area contributed by atoms with Gasteiger partial charge in [-0.1, -0.05) is 47.5 Å². The maximum Gasteiger partial charge on any atom is 0.187 e. The second kappa shape index (κ2) is 7.55. The minimum Gasteiger partial charge on any atom is -0.302 e. The quantitative estimate of drug-likeness (QED) is 0.403. The van der Waals surface area contributed by atoms with E-state index in [4.69, 9.17) is 28.3 Å². The molecule has 0 spiro atoms. The van der Waals surface area contributed by atoms with E-state index in [-0.39, 0.29) is 4.90 Å². The number of rotatable bonds is 3. The average molecular weight is 450 g/mol. The first kappa shape index (κ1) is 19.5. The first-order valence-corrected chi connectivity index (χ1v) is 11.2. The van der Waals surface area contributed by atoms with Gasteiger partial charge in [-0.15, -0.1) is 0 Å². The fraction of sp³-hybridized carbons (Fsp3) is 0. The summed E-state index contributed by atoms with van der Waals surface area (Å²) in [6.07, 6.45) is 0. The van der Waals surface area contributed by atoms with Crippen LogP contribution in [0.1, 0.15) is 0 Å². The Balaban J connectivity index is 2.25. The molecule has 0 radical (unpaired) electrons. The van der Waals surface area contributed by atoms with Crippen LogP contribution in [-0.2, 0) is 22.1 Å². The van der Waals surface area contributed by atoms with Gasteiger partial charge in [0.2, 0.25) is 0 Å². The molecule has 0 bridgehead atoms.